The lowest BCUT2D eigenvalue weighted by Crippen LogP contribution is -2.10. The van der Waals surface area contributed by atoms with Crippen molar-refractivity contribution in [3.63, 3.8) is 0 Å². The van der Waals surface area contributed by atoms with Crippen LogP contribution in [0.1, 0.15) is 13.8 Å². The van der Waals surface area contributed by atoms with E-state index in [-0.39, 0.29) is 12.2 Å². The van der Waals surface area contributed by atoms with E-state index >= 15 is 0 Å². The SMILES string of the molecule is C/C=C/C=C(\COC(C)=O)C(=O)O. The summed E-state index contributed by atoms with van der Waals surface area (Å²) in [6, 6.07) is 0. The number of hydrogen-bond donors (Lipinski definition) is 1. The lowest BCUT2D eigenvalue weighted by molar-refractivity contribution is -0.141. The summed E-state index contributed by atoms with van der Waals surface area (Å²) < 4.78 is 4.54. The summed E-state index contributed by atoms with van der Waals surface area (Å²) in [5.74, 6) is -1.58. The number of ether oxygens (including phenoxy) is 1. The first kappa shape index (κ1) is 11.4. The number of esters is 1. The number of aliphatic carboxylic acids is 1. The molecule has 0 radical (unpaired) electrons. The highest BCUT2D eigenvalue weighted by atomic mass is 16.5. The zero-order valence-corrected chi connectivity index (χ0v) is 7.61. The van der Waals surface area contributed by atoms with Crippen LogP contribution in [0, 0.1) is 0 Å². The van der Waals surface area contributed by atoms with E-state index in [1.807, 2.05) is 0 Å². The fraction of sp³-hybridized carbons (Fsp3) is 0.333. The van der Waals surface area contributed by atoms with Crippen molar-refractivity contribution in [3.8, 4) is 0 Å². The molecule has 4 heteroatoms. The predicted molar refractivity (Wildman–Crippen MR) is 47.2 cm³/mol. The number of carbonyl (C=O) groups excluding carboxylic acids is 1. The normalized spacial score (nSPS) is 11.7. The molecule has 0 spiro atoms. The lowest BCUT2D eigenvalue weighted by atomic mass is 10.2. The molecule has 0 fully saturated rings. The molecule has 0 bridgehead atoms. The van der Waals surface area contributed by atoms with Crippen LogP contribution in [0.2, 0.25) is 0 Å². The van der Waals surface area contributed by atoms with Crippen LogP contribution in [0.5, 0.6) is 0 Å². The quantitative estimate of drug-likeness (QED) is 0.404. The van der Waals surface area contributed by atoms with E-state index in [1.165, 1.54) is 13.0 Å². The summed E-state index contributed by atoms with van der Waals surface area (Å²) in [4.78, 5) is 20.9. The van der Waals surface area contributed by atoms with Crippen LogP contribution >= 0.6 is 0 Å². The number of rotatable bonds is 4. The van der Waals surface area contributed by atoms with Crippen LogP contribution in [0.15, 0.2) is 23.8 Å². The third-order valence-corrected chi connectivity index (χ3v) is 1.20. The van der Waals surface area contributed by atoms with Gasteiger partial charge in [-0.15, -0.1) is 0 Å². The van der Waals surface area contributed by atoms with Crippen molar-refractivity contribution >= 4 is 11.9 Å². The largest absolute Gasteiger partial charge is 0.478 e. The molecule has 0 aromatic heterocycles. The number of allylic oxidation sites excluding steroid dienone is 3. The van der Waals surface area contributed by atoms with Crippen molar-refractivity contribution in [1.82, 2.24) is 0 Å². The van der Waals surface area contributed by atoms with Gasteiger partial charge < -0.3 is 9.84 Å². The Morgan fingerprint density at radius 3 is 2.46 bits per heavy atom. The van der Waals surface area contributed by atoms with Gasteiger partial charge in [0.05, 0.1) is 5.57 Å². The van der Waals surface area contributed by atoms with Crippen LogP contribution in [-0.4, -0.2) is 23.7 Å². The van der Waals surface area contributed by atoms with Crippen molar-refractivity contribution in [1.29, 1.82) is 0 Å². The first-order valence-electron chi connectivity index (χ1n) is 3.76. The highest BCUT2D eigenvalue weighted by molar-refractivity contribution is 5.87. The molecule has 1 N–H and O–H groups in total. The first-order chi connectivity index (χ1) is 6.07. The van der Waals surface area contributed by atoms with Gasteiger partial charge in [-0.25, -0.2) is 4.79 Å². The molecule has 0 aliphatic carbocycles. The zero-order chi connectivity index (χ0) is 10.3. The fourth-order valence-corrected chi connectivity index (χ4v) is 0.573. The summed E-state index contributed by atoms with van der Waals surface area (Å²) in [5, 5.41) is 8.62. The van der Waals surface area contributed by atoms with Gasteiger partial charge in [-0.1, -0.05) is 12.2 Å². The van der Waals surface area contributed by atoms with Crippen molar-refractivity contribution in [3.05, 3.63) is 23.8 Å². The van der Waals surface area contributed by atoms with E-state index in [2.05, 4.69) is 4.74 Å². The van der Waals surface area contributed by atoms with Gasteiger partial charge in [0.25, 0.3) is 0 Å². The number of hydrogen-bond acceptors (Lipinski definition) is 3. The van der Waals surface area contributed by atoms with Gasteiger partial charge in [-0.3, -0.25) is 4.79 Å². The second-order valence-electron chi connectivity index (χ2n) is 2.30. The zero-order valence-electron chi connectivity index (χ0n) is 7.61. The van der Waals surface area contributed by atoms with Gasteiger partial charge in [0.15, 0.2) is 0 Å². The maximum absolute atomic E-state index is 10.5. The Morgan fingerprint density at radius 2 is 2.08 bits per heavy atom. The third-order valence-electron chi connectivity index (χ3n) is 1.20. The monoisotopic (exact) mass is 184 g/mol. The predicted octanol–water partition coefficient (Wildman–Crippen LogP) is 1.14. The Morgan fingerprint density at radius 1 is 1.46 bits per heavy atom. The van der Waals surface area contributed by atoms with Crippen LogP contribution in [0.3, 0.4) is 0 Å². The molecule has 0 unspecified atom stereocenters. The summed E-state index contributed by atoms with van der Waals surface area (Å²) in [6.07, 6.45) is 4.66. The van der Waals surface area contributed by atoms with Crippen molar-refractivity contribution in [2.24, 2.45) is 0 Å². The van der Waals surface area contributed by atoms with Crippen LogP contribution in [-0.2, 0) is 14.3 Å². The molecular formula is C9H12O4. The van der Waals surface area contributed by atoms with E-state index in [9.17, 15) is 9.59 Å². The molecule has 0 aliphatic heterocycles. The van der Waals surface area contributed by atoms with E-state index in [0.717, 1.165) is 0 Å². The Kier molecular flexibility index (Phi) is 5.27. The van der Waals surface area contributed by atoms with Gasteiger partial charge >= 0.3 is 11.9 Å². The Hall–Kier alpha value is -1.58. The minimum Gasteiger partial charge on any atom is -0.478 e. The van der Waals surface area contributed by atoms with Crippen molar-refractivity contribution in [2.45, 2.75) is 13.8 Å². The van der Waals surface area contributed by atoms with E-state index in [4.69, 9.17) is 5.11 Å². The summed E-state index contributed by atoms with van der Waals surface area (Å²) in [6.45, 7) is 2.80. The molecule has 0 aromatic rings. The minimum absolute atomic E-state index is 0.0494. The standard InChI is InChI=1S/C9H12O4/c1-3-4-5-8(9(11)12)6-13-7(2)10/h3-5H,6H2,1-2H3,(H,11,12)/b4-3+,8-5+. The van der Waals surface area contributed by atoms with Crippen molar-refractivity contribution in [2.75, 3.05) is 6.61 Å². The molecule has 0 aromatic carbocycles. The number of carbonyl (C=O) groups is 2. The molecule has 13 heavy (non-hydrogen) atoms. The second-order valence-corrected chi connectivity index (χ2v) is 2.30. The minimum atomic E-state index is -1.08. The molecule has 72 valence electrons. The third kappa shape index (κ3) is 5.66. The van der Waals surface area contributed by atoms with Crippen molar-refractivity contribution < 1.29 is 19.4 Å². The highest BCUT2D eigenvalue weighted by Gasteiger charge is 2.07. The van der Waals surface area contributed by atoms with Gasteiger partial charge in [-0.2, -0.15) is 0 Å². The van der Waals surface area contributed by atoms with Crippen LogP contribution < -0.4 is 0 Å². The van der Waals surface area contributed by atoms with Gasteiger partial charge in [0, 0.05) is 6.92 Å². The second kappa shape index (κ2) is 5.99. The lowest BCUT2D eigenvalue weighted by Gasteiger charge is -2.00. The number of carboxylic acids is 1. The Bertz CT molecular complexity index is 250. The molecule has 0 amide bonds. The smallest absolute Gasteiger partial charge is 0.335 e. The van der Waals surface area contributed by atoms with E-state index in [1.54, 1.807) is 19.1 Å². The first-order valence-corrected chi connectivity index (χ1v) is 3.76. The molecule has 0 rings (SSSR count). The summed E-state index contributed by atoms with van der Waals surface area (Å²) in [5.41, 5.74) is 0.0494. The number of carboxylic acid groups (broad SMARTS) is 1. The maximum atomic E-state index is 10.5. The van der Waals surface area contributed by atoms with Gasteiger partial charge in [0.2, 0.25) is 0 Å². The molecule has 0 atom stereocenters. The topological polar surface area (TPSA) is 63.6 Å². The van der Waals surface area contributed by atoms with Gasteiger partial charge in [0.1, 0.15) is 6.61 Å². The van der Waals surface area contributed by atoms with Crippen LogP contribution in [0.25, 0.3) is 0 Å². The van der Waals surface area contributed by atoms with Gasteiger partial charge in [-0.05, 0) is 13.0 Å². The Balaban J connectivity index is 4.27. The average molecular weight is 184 g/mol. The fourth-order valence-electron chi connectivity index (χ4n) is 0.573. The molecule has 0 aliphatic rings. The molecule has 0 saturated heterocycles. The maximum Gasteiger partial charge on any atom is 0.335 e. The molecule has 0 heterocycles. The van der Waals surface area contributed by atoms with E-state index in [0.29, 0.717) is 0 Å². The summed E-state index contributed by atoms with van der Waals surface area (Å²) in [7, 11) is 0. The highest BCUT2D eigenvalue weighted by Crippen LogP contribution is 1.97. The van der Waals surface area contributed by atoms with E-state index < -0.39 is 11.9 Å². The van der Waals surface area contributed by atoms with Crippen LogP contribution in [0.4, 0.5) is 0 Å². The molecule has 4 nitrogen and oxygen atoms in total. The molecule has 0 saturated carbocycles. The summed E-state index contributed by atoms with van der Waals surface area (Å²) >= 11 is 0. The Labute approximate surface area is 76.5 Å². The average Bonchev–Trinajstić information content (AvgIpc) is 2.03. The molecular weight excluding hydrogens is 172 g/mol.